The van der Waals surface area contributed by atoms with Gasteiger partial charge in [0.1, 0.15) is 0 Å². The van der Waals surface area contributed by atoms with Gasteiger partial charge in [-0.25, -0.2) is 0 Å². The van der Waals surface area contributed by atoms with Crippen LogP contribution in [0.3, 0.4) is 0 Å². The first-order valence-electron chi connectivity index (χ1n) is 6.29. The van der Waals surface area contributed by atoms with Crippen molar-refractivity contribution in [3.63, 3.8) is 0 Å². The van der Waals surface area contributed by atoms with E-state index in [0.717, 1.165) is 26.3 Å². The third kappa shape index (κ3) is 10.7. The topological polar surface area (TPSA) is 51.2 Å². The van der Waals surface area contributed by atoms with Crippen molar-refractivity contribution in [3.05, 3.63) is 0 Å². The predicted molar refractivity (Wildman–Crippen MR) is 67.3 cm³/mol. The summed E-state index contributed by atoms with van der Waals surface area (Å²) in [6, 6.07) is 0. The Morgan fingerprint density at radius 2 is 1.59 bits per heavy atom. The Morgan fingerprint density at radius 3 is 2.00 bits per heavy atom. The average molecular weight is 249 g/mol. The summed E-state index contributed by atoms with van der Waals surface area (Å²) in [5, 5.41) is 9.68. The van der Waals surface area contributed by atoms with Crippen LogP contribution < -0.4 is 0 Å². The number of aliphatic hydroxyl groups is 1. The molecule has 1 N–H and O–H groups in total. The molecule has 0 rings (SSSR count). The van der Waals surface area contributed by atoms with E-state index in [2.05, 4.69) is 4.90 Å². The average Bonchev–Trinajstić information content (AvgIpc) is 2.29. The third-order valence-corrected chi connectivity index (χ3v) is 2.34. The van der Waals surface area contributed by atoms with Crippen LogP contribution in [0.1, 0.15) is 13.8 Å². The largest absolute Gasteiger partial charge is 0.389 e. The summed E-state index contributed by atoms with van der Waals surface area (Å²) in [6.45, 7) is 9.33. The van der Waals surface area contributed by atoms with Gasteiger partial charge >= 0.3 is 0 Å². The van der Waals surface area contributed by atoms with Crippen LogP contribution in [0.4, 0.5) is 0 Å². The highest BCUT2D eigenvalue weighted by molar-refractivity contribution is 4.64. The zero-order valence-electron chi connectivity index (χ0n) is 11.4. The van der Waals surface area contributed by atoms with Gasteiger partial charge in [0.05, 0.1) is 25.9 Å². The quantitative estimate of drug-likeness (QED) is 0.506. The Hall–Kier alpha value is -0.200. The lowest BCUT2D eigenvalue weighted by molar-refractivity contribution is 0.0191. The van der Waals surface area contributed by atoms with Gasteiger partial charge in [-0.3, -0.25) is 4.90 Å². The molecule has 1 unspecified atom stereocenters. The van der Waals surface area contributed by atoms with Crippen LogP contribution in [0, 0.1) is 0 Å². The van der Waals surface area contributed by atoms with Gasteiger partial charge in [0.2, 0.25) is 0 Å². The number of hydrogen-bond acceptors (Lipinski definition) is 5. The van der Waals surface area contributed by atoms with Gasteiger partial charge < -0.3 is 19.3 Å². The summed E-state index contributed by atoms with van der Waals surface area (Å²) in [5.74, 6) is 0. The molecule has 0 saturated heterocycles. The summed E-state index contributed by atoms with van der Waals surface area (Å²) < 4.78 is 15.5. The van der Waals surface area contributed by atoms with Gasteiger partial charge in [-0.2, -0.15) is 0 Å². The molecule has 0 aromatic rings. The van der Waals surface area contributed by atoms with Crippen molar-refractivity contribution < 1.29 is 19.3 Å². The first-order valence-corrected chi connectivity index (χ1v) is 6.29. The van der Waals surface area contributed by atoms with Crippen molar-refractivity contribution in [3.8, 4) is 0 Å². The summed E-state index contributed by atoms with van der Waals surface area (Å²) in [4.78, 5) is 2.13. The molecule has 1 atom stereocenters. The first kappa shape index (κ1) is 16.8. The second-order valence-electron chi connectivity index (χ2n) is 3.80. The monoisotopic (exact) mass is 249 g/mol. The standard InChI is InChI=1S/C12H27NO4/c1-4-16-8-6-13(7-9-17-5-2)10-12(14)11-15-3/h12,14H,4-11H2,1-3H3. The van der Waals surface area contributed by atoms with Crippen LogP contribution in [0.2, 0.25) is 0 Å². The Bertz CT molecular complexity index is 147. The molecule has 17 heavy (non-hydrogen) atoms. The van der Waals surface area contributed by atoms with E-state index in [1.807, 2.05) is 13.8 Å². The second kappa shape index (κ2) is 12.3. The van der Waals surface area contributed by atoms with Crippen molar-refractivity contribution in [1.29, 1.82) is 0 Å². The summed E-state index contributed by atoms with van der Waals surface area (Å²) in [6.07, 6.45) is -0.455. The Kier molecular flexibility index (Phi) is 12.1. The minimum Gasteiger partial charge on any atom is -0.389 e. The number of ether oxygens (including phenoxy) is 3. The van der Waals surface area contributed by atoms with Crippen molar-refractivity contribution >= 4 is 0 Å². The summed E-state index contributed by atoms with van der Waals surface area (Å²) in [5.41, 5.74) is 0. The lowest BCUT2D eigenvalue weighted by Crippen LogP contribution is -2.38. The molecule has 0 aromatic carbocycles. The molecule has 0 bridgehead atoms. The molecule has 0 saturated carbocycles. The molecule has 0 aliphatic carbocycles. The van der Waals surface area contributed by atoms with E-state index >= 15 is 0 Å². The van der Waals surface area contributed by atoms with Crippen LogP contribution >= 0.6 is 0 Å². The highest BCUT2D eigenvalue weighted by Gasteiger charge is 2.11. The normalized spacial score (nSPS) is 13.2. The van der Waals surface area contributed by atoms with Gasteiger partial charge in [0.25, 0.3) is 0 Å². The van der Waals surface area contributed by atoms with Gasteiger partial charge in [-0.1, -0.05) is 0 Å². The first-order chi connectivity index (χ1) is 8.24. The zero-order chi connectivity index (χ0) is 12.9. The van der Waals surface area contributed by atoms with E-state index in [4.69, 9.17) is 14.2 Å². The number of hydrogen-bond donors (Lipinski definition) is 1. The Labute approximate surface area is 105 Å². The Morgan fingerprint density at radius 1 is 1.06 bits per heavy atom. The summed E-state index contributed by atoms with van der Waals surface area (Å²) >= 11 is 0. The molecule has 0 heterocycles. The van der Waals surface area contributed by atoms with Crippen molar-refractivity contribution in [2.75, 3.05) is 59.8 Å². The number of rotatable bonds is 12. The molecular weight excluding hydrogens is 222 g/mol. The molecule has 104 valence electrons. The molecule has 0 fully saturated rings. The van der Waals surface area contributed by atoms with Crippen LogP contribution in [0.25, 0.3) is 0 Å². The molecule has 5 nitrogen and oxygen atoms in total. The minimum absolute atomic E-state index is 0.361. The van der Waals surface area contributed by atoms with Gasteiger partial charge in [0, 0.05) is 40.0 Å². The van der Waals surface area contributed by atoms with Crippen molar-refractivity contribution in [2.24, 2.45) is 0 Å². The van der Waals surface area contributed by atoms with E-state index in [-0.39, 0.29) is 0 Å². The van der Waals surface area contributed by atoms with Crippen LogP contribution in [-0.2, 0) is 14.2 Å². The van der Waals surface area contributed by atoms with E-state index in [0.29, 0.717) is 26.4 Å². The van der Waals surface area contributed by atoms with E-state index < -0.39 is 6.10 Å². The molecule has 0 spiro atoms. The predicted octanol–water partition coefficient (Wildman–Crippen LogP) is 0.369. The fraction of sp³-hybridized carbons (Fsp3) is 1.00. The molecule has 0 amide bonds. The van der Waals surface area contributed by atoms with Crippen molar-refractivity contribution in [1.82, 2.24) is 4.90 Å². The number of nitrogens with zero attached hydrogens (tertiary/aromatic N) is 1. The van der Waals surface area contributed by atoms with Crippen molar-refractivity contribution in [2.45, 2.75) is 20.0 Å². The highest BCUT2D eigenvalue weighted by Crippen LogP contribution is 1.95. The smallest absolute Gasteiger partial charge is 0.0900 e. The van der Waals surface area contributed by atoms with E-state index in [1.165, 1.54) is 0 Å². The minimum atomic E-state index is -0.455. The van der Waals surface area contributed by atoms with Crippen LogP contribution in [0.15, 0.2) is 0 Å². The zero-order valence-corrected chi connectivity index (χ0v) is 11.4. The maximum Gasteiger partial charge on any atom is 0.0900 e. The van der Waals surface area contributed by atoms with Gasteiger partial charge in [-0.15, -0.1) is 0 Å². The maximum absolute atomic E-state index is 9.68. The van der Waals surface area contributed by atoms with E-state index in [9.17, 15) is 5.11 Å². The molecule has 5 heteroatoms. The van der Waals surface area contributed by atoms with Crippen LogP contribution in [0.5, 0.6) is 0 Å². The Balaban J connectivity index is 3.82. The number of aliphatic hydroxyl groups excluding tert-OH is 1. The van der Waals surface area contributed by atoms with Crippen LogP contribution in [-0.4, -0.2) is 75.9 Å². The molecule has 0 aliphatic rings. The lowest BCUT2D eigenvalue weighted by atomic mass is 10.3. The summed E-state index contributed by atoms with van der Waals surface area (Å²) in [7, 11) is 1.59. The molecule has 0 aliphatic heterocycles. The van der Waals surface area contributed by atoms with E-state index in [1.54, 1.807) is 7.11 Å². The fourth-order valence-corrected chi connectivity index (χ4v) is 1.51. The fourth-order valence-electron chi connectivity index (χ4n) is 1.51. The van der Waals surface area contributed by atoms with Gasteiger partial charge in [0.15, 0.2) is 0 Å². The molecule has 0 aromatic heterocycles. The second-order valence-corrected chi connectivity index (χ2v) is 3.80. The lowest BCUT2D eigenvalue weighted by Gasteiger charge is -2.24. The maximum atomic E-state index is 9.68. The third-order valence-electron chi connectivity index (χ3n) is 2.34. The van der Waals surface area contributed by atoms with Gasteiger partial charge in [-0.05, 0) is 13.8 Å². The molecule has 0 radical (unpaired) electrons. The number of methoxy groups -OCH3 is 1. The molecular formula is C12H27NO4. The SMILES string of the molecule is CCOCCN(CCOCC)CC(O)COC. The highest BCUT2D eigenvalue weighted by atomic mass is 16.5.